The van der Waals surface area contributed by atoms with E-state index < -0.39 is 15.7 Å². The highest BCUT2D eigenvalue weighted by molar-refractivity contribution is 7.91. The maximum atomic E-state index is 12.6. The zero-order chi connectivity index (χ0) is 21.4. The molecule has 1 aliphatic heterocycles. The third kappa shape index (κ3) is 4.83. The van der Waals surface area contributed by atoms with Gasteiger partial charge in [-0.05, 0) is 52.0 Å². The molecule has 0 spiro atoms. The average Bonchev–Trinajstić information content (AvgIpc) is 2.57. The number of carbonyl (C=O) groups excluding carboxylic acids is 1. The van der Waals surface area contributed by atoms with Crippen LogP contribution in [0.5, 0.6) is 5.75 Å². The average molecular weight is 417 g/mol. The summed E-state index contributed by atoms with van der Waals surface area (Å²) >= 11 is 0. The summed E-state index contributed by atoms with van der Waals surface area (Å²) in [6, 6.07) is 8.31. The highest BCUT2D eigenvalue weighted by Crippen LogP contribution is 2.30. The normalized spacial score (nSPS) is 15.0. The topological polar surface area (TPSA) is 136 Å². The monoisotopic (exact) mass is 417 g/mol. The van der Waals surface area contributed by atoms with Crippen molar-refractivity contribution >= 4 is 27.6 Å². The first-order chi connectivity index (χ1) is 13.5. The Bertz CT molecular complexity index is 1090. The summed E-state index contributed by atoms with van der Waals surface area (Å²) < 4.78 is 35.0. The van der Waals surface area contributed by atoms with Crippen molar-refractivity contribution in [3.63, 3.8) is 0 Å². The fraction of sp³-hybridized carbons (Fsp3) is 0.316. The van der Waals surface area contributed by atoms with Crippen LogP contribution in [0.3, 0.4) is 0 Å². The summed E-state index contributed by atoms with van der Waals surface area (Å²) in [5.74, 6) is -0.0286. The number of nitrogens with two attached hydrogens (primary N) is 1. The molecule has 4 N–H and O–H groups in total. The van der Waals surface area contributed by atoms with Crippen LogP contribution in [0, 0.1) is 13.8 Å². The highest BCUT2D eigenvalue weighted by Gasteiger charge is 2.27. The Kier molecular flexibility index (Phi) is 5.22. The number of nitrogens with one attached hydrogen (secondary N) is 2. The van der Waals surface area contributed by atoms with Gasteiger partial charge in [0.05, 0.1) is 16.8 Å². The molecule has 0 saturated carbocycles. The third-order valence-electron chi connectivity index (χ3n) is 4.12. The fourth-order valence-electron chi connectivity index (χ4n) is 2.98. The van der Waals surface area contributed by atoms with Gasteiger partial charge >= 0.3 is 10.2 Å². The van der Waals surface area contributed by atoms with E-state index in [-0.39, 0.29) is 18.3 Å². The molecule has 10 heteroatoms. The number of aryl methyl sites for hydroxylation is 2. The van der Waals surface area contributed by atoms with Crippen LogP contribution >= 0.6 is 0 Å². The molecule has 2 heterocycles. The first kappa shape index (κ1) is 20.6. The van der Waals surface area contributed by atoms with Crippen LogP contribution in [-0.2, 0) is 10.2 Å². The van der Waals surface area contributed by atoms with Crippen molar-refractivity contribution in [3.8, 4) is 5.75 Å². The Hall–Kier alpha value is -3.14. The number of rotatable bonds is 5. The van der Waals surface area contributed by atoms with Crippen molar-refractivity contribution in [2.45, 2.75) is 33.2 Å². The quantitative estimate of drug-likeness (QED) is 0.677. The Morgan fingerprint density at radius 2 is 1.90 bits per heavy atom. The van der Waals surface area contributed by atoms with Gasteiger partial charge in [0.1, 0.15) is 12.4 Å². The molecule has 1 aromatic heterocycles. The summed E-state index contributed by atoms with van der Waals surface area (Å²) in [5, 5.41) is 2.94. The van der Waals surface area contributed by atoms with E-state index in [1.807, 2.05) is 27.7 Å². The second kappa shape index (κ2) is 7.36. The number of ether oxygens (including phenoxy) is 1. The number of nitrogens with zero attached hydrogens (tertiary/aromatic N) is 2. The fourth-order valence-corrected chi connectivity index (χ4v) is 3.82. The number of hydrogen-bond acceptors (Lipinski definition) is 6. The Labute approximate surface area is 169 Å². The van der Waals surface area contributed by atoms with Gasteiger partial charge in [-0.2, -0.15) is 8.42 Å². The van der Waals surface area contributed by atoms with Crippen molar-refractivity contribution in [2.24, 2.45) is 10.1 Å². The predicted molar refractivity (Wildman–Crippen MR) is 110 cm³/mol. The summed E-state index contributed by atoms with van der Waals surface area (Å²) in [6.45, 7) is 7.43. The SMILES string of the molecule is Cc1cc(C(=O)NC(C)(C)COc2cccc3c2C(N)=NS(=O)(=O)N3)cc(C)n1. The smallest absolute Gasteiger partial charge is 0.344 e. The number of pyridine rings is 1. The largest absolute Gasteiger partial charge is 0.490 e. The molecule has 154 valence electrons. The molecule has 0 atom stereocenters. The van der Waals surface area contributed by atoms with E-state index in [4.69, 9.17) is 10.5 Å². The molecular formula is C19H23N5O4S. The van der Waals surface area contributed by atoms with Gasteiger partial charge in [-0.1, -0.05) is 6.07 Å². The number of hydrogen-bond donors (Lipinski definition) is 3. The van der Waals surface area contributed by atoms with Crippen molar-refractivity contribution < 1.29 is 17.9 Å². The van der Waals surface area contributed by atoms with Crippen LogP contribution in [0.4, 0.5) is 5.69 Å². The molecule has 1 aliphatic rings. The number of carbonyl (C=O) groups is 1. The van der Waals surface area contributed by atoms with Crippen LogP contribution in [0.2, 0.25) is 0 Å². The van der Waals surface area contributed by atoms with Gasteiger partial charge in [-0.25, -0.2) is 0 Å². The zero-order valence-electron chi connectivity index (χ0n) is 16.6. The lowest BCUT2D eigenvalue weighted by molar-refractivity contribution is 0.0880. The maximum Gasteiger partial charge on any atom is 0.344 e. The lowest BCUT2D eigenvalue weighted by atomic mass is 10.1. The van der Waals surface area contributed by atoms with Gasteiger partial charge in [0.25, 0.3) is 5.91 Å². The van der Waals surface area contributed by atoms with E-state index in [0.717, 1.165) is 11.4 Å². The molecular weight excluding hydrogens is 394 g/mol. The number of anilines is 1. The van der Waals surface area contributed by atoms with Crippen LogP contribution in [0.25, 0.3) is 0 Å². The lowest BCUT2D eigenvalue weighted by Gasteiger charge is -2.27. The molecule has 2 aromatic rings. The van der Waals surface area contributed by atoms with Crippen LogP contribution in [0.15, 0.2) is 34.7 Å². The Balaban J connectivity index is 1.75. The molecule has 0 unspecified atom stereocenters. The minimum atomic E-state index is -3.86. The zero-order valence-corrected chi connectivity index (χ0v) is 17.4. The minimum absolute atomic E-state index is 0.123. The van der Waals surface area contributed by atoms with Crippen LogP contribution < -0.4 is 20.5 Å². The number of aromatic nitrogens is 1. The van der Waals surface area contributed by atoms with E-state index >= 15 is 0 Å². The minimum Gasteiger partial charge on any atom is -0.490 e. The van der Waals surface area contributed by atoms with Gasteiger partial charge < -0.3 is 15.8 Å². The van der Waals surface area contributed by atoms with Gasteiger partial charge in [0.2, 0.25) is 0 Å². The van der Waals surface area contributed by atoms with Gasteiger partial charge in [0, 0.05) is 17.0 Å². The number of amidine groups is 1. The van der Waals surface area contributed by atoms with Crippen molar-refractivity contribution in [3.05, 3.63) is 52.8 Å². The predicted octanol–water partition coefficient (Wildman–Crippen LogP) is 1.66. The van der Waals surface area contributed by atoms with E-state index in [2.05, 4.69) is 19.4 Å². The standard InChI is InChI=1S/C19H23N5O4S/c1-11-8-13(9-12(2)21-11)18(25)22-19(3,4)10-28-15-7-5-6-14-16(15)17(20)24-29(26,27)23-14/h5-9,23H,10H2,1-4H3,(H2,20,24)(H,22,25). The molecule has 0 aliphatic carbocycles. The van der Waals surface area contributed by atoms with Gasteiger partial charge in [-0.3, -0.25) is 14.5 Å². The summed E-state index contributed by atoms with van der Waals surface area (Å²) in [4.78, 5) is 16.9. The molecule has 0 fully saturated rings. The summed E-state index contributed by atoms with van der Waals surface area (Å²) in [7, 11) is -3.86. The molecule has 9 nitrogen and oxygen atoms in total. The first-order valence-corrected chi connectivity index (χ1v) is 10.3. The molecule has 0 radical (unpaired) electrons. The molecule has 3 rings (SSSR count). The lowest BCUT2D eigenvalue weighted by Crippen LogP contribution is -2.48. The molecule has 1 aromatic carbocycles. The molecule has 29 heavy (non-hydrogen) atoms. The van der Waals surface area contributed by atoms with E-state index in [9.17, 15) is 13.2 Å². The number of benzene rings is 1. The van der Waals surface area contributed by atoms with Crippen LogP contribution in [-0.4, -0.2) is 37.3 Å². The van der Waals surface area contributed by atoms with Crippen molar-refractivity contribution in [1.82, 2.24) is 10.3 Å². The highest BCUT2D eigenvalue weighted by atomic mass is 32.2. The van der Waals surface area contributed by atoms with Gasteiger partial charge in [0.15, 0.2) is 5.84 Å². The second-order valence-corrected chi connectivity index (χ2v) is 8.83. The Morgan fingerprint density at radius 3 is 2.55 bits per heavy atom. The Morgan fingerprint density at radius 1 is 1.24 bits per heavy atom. The maximum absolute atomic E-state index is 12.6. The molecule has 0 bridgehead atoms. The van der Waals surface area contributed by atoms with Crippen molar-refractivity contribution in [1.29, 1.82) is 0 Å². The van der Waals surface area contributed by atoms with E-state index in [1.54, 1.807) is 30.3 Å². The first-order valence-electron chi connectivity index (χ1n) is 8.88. The third-order valence-corrected chi connectivity index (χ3v) is 5.04. The van der Waals surface area contributed by atoms with Gasteiger partial charge in [-0.15, -0.1) is 4.40 Å². The number of amides is 1. The van der Waals surface area contributed by atoms with Crippen molar-refractivity contribution in [2.75, 3.05) is 11.3 Å². The second-order valence-electron chi connectivity index (χ2n) is 7.50. The molecule has 0 saturated heterocycles. The van der Waals surface area contributed by atoms with E-state index in [0.29, 0.717) is 22.6 Å². The summed E-state index contributed by atoms with van der Waals surface area (Å²) in [5.41, 5.74) is 7.80. The van der Waals surface area contributed by atoms with E-state index in [1.165, 1.54) is 0 Å². The molecule has 1 amide bonds. The van der Waals surface area contributed by atoms with Crippen LogP contribution in [0.1, 0.15) is 41.2 Å². The summed E-state index contributed by atoms with van der Waals surface area (Å²) in [6.07, 6.45) is 0. The number of fused-ring (bicyclic) bond motifs is 1.